The monoisotopic (exact) mass is 351 g/mol. The molecule has 0 saturated carbocycles. The van der Waals surface area contributed by atoms with Crippen LogP contribution in [0.25, 0.3) is 11.0 Å². The highest BCUT2D eigenvalue weighted by atomic mass is 16.5. The van der Waals surface area contributed by atoms with Crippen molar-refractivity contribution in [2.75, 3.05) is 11.9 Å². The third-order valence-corrected chi connectivity index (χ3v) is 4.32. The van der Waals surface area contributed by atoms with Gasteiger partial charge in [-0.15, -0.1) is 0 Å². The maximum absolute atomic E-state index is 12.2. The average molecular weight is 351 g/mol. The summed E-state index contributed by atoms with van der Waals surface area (Å²) in [6.45, 7) is 1.16. The van der Waals surface area contributed by atoms with Crippen molar-refractivity contribution in [3.8, 4) is 0 Å². The van der Waals surface area contributed by atoms with Crippen LogP contribution in [0.5, 0.6) is 0 Å². The summed E-state index contributed by atoms with van der Waals surface area (Å²) in [5.41, 5.74) is 5.24. The zero-order valence-corrected chi connectivity index (χ0v) is 13.8. The molecule has 4 rings (SSSR count). The molecule has 0 unspecified atom stereocenters. The van der Waals surface area contributed by atoms with Crippen LogP contribution >= 0.6 is 0 Å². The molecule has 0 saturated heterocycles. The summed E-state index contributed by atoms with van der Waals surface area (Å²) in [7, 11) is 0. The molecule has 2 aromatic carbocycles. The Kier molecular flexibility index (Phi) is 4.11. The molecule has 1 aliphatic heterocycles. The number of fused-ring (bicyclic) bond motifs is 2. The lowest BCUT2D eigenvalue weighted by atomic mass is 10.1. The Morgan fingerprint density at radius 2 is 2.08 bits per heavy atom. The van der Waals surface area contributed by atoms with E-state index in [0.717, 1.165) is 22.4 Å². The number of hydrogen-bond acceptors (Lipinski definition) is 5. The van der Waals surface area contributed by atoms with Crippen LogP contribution in [0.1, 0.15) is 21.7 Å². The summed E-state index contributed by atoms with van der Waals surface area (Å²) < 4.78 is 0. The van der Waals surface area contributed by atoms with E-state index < -0.39 is 5.91 Å². The second-order valence-corrected chi connectivity index (χ2v) is 6.21. The Bertz CT molecular complexity index is 964. The SMILES string of the molecule is O=C1CN(Cc2nc3ccccc3[nH]2)Cc2cc(C(=O)NO)ccc2N1. The summed E-state index contributed by atoms with van der Waals surface area (Å²) in [6, 6.07) is 12.6. The fraction of sp³-hybridized carbons (Fsp3) is 0.167. The third kappa shape index (κ3) is 3.15. The zero-order valence-electron chi connectivity index (χ0n) is 13.8. The van der Waals surface area contributed by atoms with Crippen molar-refractivity contribution in [2.24, 2.45) is 0 Å². The molecule has 26 heavy (non-hydrogen) atoms. The van der Waals surface area contributed by atoms with E-state index in [1.807, 2.05) is 29.2 Å². The van der Waals surface area contributed by atoms with Crippen molar-refractivity contribution < 1.29 is 14.8 Å². The highest BCUT2D eigenvalue weighted by Crippen LogP contribution is 2.23. The van der Waals surface area contributed by atoms with E-state index in [1.165, 1.54) is 0 Å². The second-order valence-electron chi connectivity index (χ2n) is 6.21. The van der Waals surface area contributed by atoms with E-state index in [4.69, 9.17) is 5.21 Å². The second kappa shape index (κ2) is 6.58. The van der Waals surface area contributed by atoms with Crippen molar-refractivity contribution in [2.45, 2.75) is 13.1 Å². The molecule has 1 aliphatic rings. The van der Waals surface area contributed by atoms with Gasteiger partial charge in [-0.2, -0.15) is 0 Å². The van der Waals surface area contributed by atoms with E-state index in [-0.39, 0.29) is 12.5 Å². The maximum Gasteiger partial charge on any atom is 0.274 e. The van der Waals surface area contributed by atoms with Gasteiger partial charge in [0.1, 0.15) is 5.82 Å². The molecule has 2 amide bonds. The van der Waals surface area contributed by atoms with Crippen LogP contribution in [0.2, 0.25) is 0 Å². The van der Waals surface area contributed by atoms with Gasteiger partial charge in [-0.25, -0.2) is 10.5 Å². The first-order valence-corrected chi connectivity index (χ1v) is 8.15. The number of benzene rings is 2. The molecule has 0 fully saturated rings. The first-order chi connectivity index (χ1) is 12.6. The van der Waals surface area contributed by atoms with Crippen LogP contribution in [0.15, 0.2) is 42.5 Å². The Hall–Kier alpha value is -3.23. The number of H-pyrrole nitrogens is 1. The van der Waals surface area contributed by atoms with Gasteiger partial charge in [0.05, 0.1) is 24.1 Å². The molecule has 4 N–H and O–H groups in total. The number of amides is 2. The summed E-state index contributed by atoms with van der Waals surface area (Å²) in [6.07, 6.45) is 0. The maximum atomic E-state index is 12.2. The molecule has 132 valence electrons. The molecule has 8 nitrogen and oxygen atoms in total. The fourth-order valence-electron chi connectivity index (χ4n) is 3.15. The molecule has 2 heterocycles. The molecule has 8 heteroatoms. The summed E-state index contributed by atoms with van der Waals surface area (Å²) >= 11 is 0. The number of carbonyl (C=O) groups is 2. The molecule has 0 aliphatic carbocycles. The minimum atomic E-state index is -0.591. The number of hydroxylamine groups is 1. The lowest BCUT2D eigenvalue weighted by Gasteiger charge is -2.17. The third-order valence-electron chi connectivity index (χ3n) is 4.32. The number of nitrogens with zero attached hydrogens (tertiary/aromatic N) is 2. The first-order valence-electron chi connectivity index (χ1n) is 8.15. The van der Waals surface area contributed by atoms with E-state index in [2.05, 4.69) is 15.3 Å². The standard InChI is InChI=1S/C18H17N5O3/c24-17-10-23(9-16-19-14-3-1-2-4-15(14)20-16)8-12-7-11(18(25)22-26)5-6-13(12)21-17/h1-7,26H,8-10H2,(H,19,20)(H,21,24)(H,22,25). The number of rotatable bonds is 3. The minimum Gasteiger partial charge on any atom is -0.341 e. The predicted octanol–water partition coefficient (Wildman–Crippen LogP) is 1.64. The minimum absolute atomic E-state index is 0.126. The topological polar surface area (TPSA) is 110 Å². The highest BCUT2D eigenvalue weighted by molar-refractivity contribution is 5.97. The molecule has 0 spiro atoms. The van der Waals surface area contributed by atoms with Gasteiger partial charge in [0, 0.05) is 17.8 Å². The first kappa shape index (κ1) is 16.2. The number of para-hydroxylation sites is 2. The number of anilines is 1. The summed E-state index contributed by atoms with van der Waals surface area (Å²) in [5.74, 6) is 0.0538. The highest BCUT2D eigenvalue weighted by Gasteiger charge is 2.21. The quantitative estimate of drug-likeness (QED) is 0.423. The number of aromatic amines is 1. The average Bonchev–Trinajstić information content (AvgIpc) is 2.96. The largest absolute Gasteiger partial charge is 0.341 e. The Balaban J connectivity index is 1.61. The van der Waals surface area contributed by atoms with Crippen molar-refractivity contribution >= 4 is 28.5 Å². The van der Waals surface area contributed by atoms with Gasteiger partial charge in [-0.05, 0) is 35.9 Å². The van der Waals surface area contributed by atoms with Crippen molar-refractivity contribution in [3.05, 3.63) is 59.4 Å². The fourth-order valence-corrected chi connectivity index (χ4v) is 3.15. The normalized spacial score (nSPS) is 14.6. The molecule has 0 radical (unpaired) electrons. The van der Waals surface area contributed by atoms with Crippen LogP contribution < -0.4 is 10.8 Å². The van der Waals surface area contributed by atoms with Crippen LogP contribution in [-0.4, -0.2) is 38.4 Å². The van der Waals surface area contributed by atoms with Crippen LogP contribution in [0.3, 0.4) is 0 Å². The van der Waals surface area contributed by atoms with Gasteiger partial charge in [-0.1, -0.05) is 12.1 Å². The number of hydrogen-bond donors (Lipinski definition) is 4. The smallest absolute Gasteiger partial charge is 0.274 e. The van der Waals surface area contributed by atoms with Gasteiger partial charge < -0.3 is 10.3 Å². The van der Waals surface area contributed by atoms with Crippen molar-refractivity contribution in [1.29, 1.82) is 0 Å². The van der Waals surface area contributed by atoms with E-state index in [0.29, 0.717) is 24.3 Å². The molecular formula is C18H17N5O3. The van der Waals surface area contributed by atoms with E-state index >= 15 is 0 Å². The Labute approximate surface area is 148 Å². The molecule has 3 aromatic rings. The molecular weight excluding hydrogens is 334 g/mol. The van der Waals surface area contributed by atoms with Crippen LogP contribution in [-0.2, 0) is 17.9 Å². The molecule has 0 bridgehead atoms. The van der Waals surface area contributed by atoms with Gasteiger partial charge in [0.25, 0.3) is 5.91 Å². The Morgan fingerprint density at radius 1 is 1.23 bits per heavy atom. The predicted molar refractivity (Wildman–Crippen MR) is 94.5 cm³/mol. The van der Waals surface area contributed by atoms with E-state index in [1.54, 1.807) is 23.7 Å². The van der Waals surface area contributed by atoms with Crippen molar-refractivity contribution in [3.63, 3.8) is 0 Å². The Morgan fingerprint density at radius 3 is 2.88 bits per heavy atom. The van der Waals surface area contributed by atoms with Crippen LogP contribution in [0, 0.1) is 0 Å². The number of nitrogens with one attached hydrogen (secondary N) is 3. The molecule has 1 aromatic heterocycles. The lowest BCUT2D eigenvalue weighted by molar-refractivity contribution is -0.117. The summed E-state index contributed by atoms with van der Waals surface area (Å²) in [5, 5.41) is 11.7. The van der Waals surface area contributed by atoms with Crippen LogP contribution in [0.4, 0.5) is 5.69 Å². The lowest BCUT2D eigenvalue weighted by Crippen LogP contribution is -2.29. The van der Waals surface area contributed by atoms with Gasteiger partial charge in [0.2, 0.25) is 5.91 Å². The van der Waals surface area contributed by atoms with E-state index in [9.17, 15) is 9.59 Å². The summed E-state index contributed by atoms with van der Waals surface area (Å²) in [4.78, 5) is 33.6. The molecule has 0 atom stereocenters. The number of aromatic nitrogens is 2. The van der Waals surface area contributed by atoms with Gasteiger partial charge in [0.15, 0.2) is 0 Å². The van der Waals surface area contributed by atoms with Gasteiger partial charge >= 0.3 is 0 Å². The number of imidazole rings is 1. The number of carbonyl (C=O) groups excluding carboxylic acids is 2. The van der Waals surface area contributed by atoms with Crippen molar-refractivity contribution in [1.82, 2.24) is 20.3 Å². The van der Waals surface area contributed by atoms with Gasteiger partial charge in [-0.3, -0.25) is 19.7 Å². The zero-order chi connectivity index (χ0) is 18.1.